The second kappa shape index (κ2) is 3.92. The molecule has 0 aliphatic carbocycles. The minimum absolute atomic E-state index is 0.158. The molecule has 0 spiro atoms. The van der Waals surface area contributed by atoms with Crippen LogP contribution in [-0.2, 0) is 6.54 Å². The Bertz CT molecular complexity index is 363. The van der Waals surface area contributed by atoms with E-state index in [4.69, 9.17) is 5.11 Å². The Labute approximate surface area is 88.3 Å². The first-order valence-electron chi connectivity index (χ1n) is 4.79. The highest BCUT2D eigenvalue weighted by molar-refractivity contribution is 5.88. The first-order valence-corrected chi connectivity index (χ1v) is 4.79. The molecule has 0 aromatic carbocycles. The number of nitrogens with zero attached hydrogens (tertiary/aromatic N) is 2. The summed E-state index contributed by atoms with van der Waals surface area (Å²) in [5.41, 5.74) is -0.130. The molecule has 84 valence electrons. The largest absolute Gasteiger partial charge is 0.504 e. The monoisotopic (exact) mass is 212 g/mol. The summed E-state index contributed by atoms with van der Waals surface area (Å²) in [4.78, 5) is 10.6. The summed E-state index contributed by atoms with van der Waals surface area (Å²) in [5, 5.41) is 21.7. The normalized spacial score (nSPS) is 11.7. The van der Waals surface area contributed by atoms with Gasteiger partial charge in [0.25, 0.3) is 0 Å². The molecule has 0 atom stereocenters. The summed E-state index contributed by atoms with van der Waals surface area (Å²) in [7, 11) is 0. The second-order valence-electron chi connectivity index (χ2n) is 4.74. The molecule has 0 fully saturated rings. The van der Waals surface area contributed by atoms with E-state index in [0.29, 0.717) is 6.54 Å². The molecule has 0 amide bonds. The van der Waals surface area contributed by atoms with Gasteiger partial charge in [0.2, 0.25) is 5.69 Å². The van der Waals surface area contributed by atoms with Crippen molar-refractivity contribution in [3.63, 3.8) is 0 Å². The summed E-state index contributed by atoms with van der Waals surface area (Å²) < 4.78 is 1.46. The van der Waals surface area contributed by atoms with Gasteiger partial charge in [0.1, 0.15) is 0 Å². The molecule has 15 heavy (non-hydrogen) atoms. The van der Waals surface area contributed by atoms with Gasteiger partial charge in [0.05, 0.1) is 6.20 Å². The van der Waals surface area contributed by atoms with Crippen LogP contribution in [0.25, 0.3) is 0 Å². The van der Waals surface area contributed by atoms with Crippen LogP contribution in [-0.4, -0.2) is 26.0 Å². The highest BCUT2D eigenvalue weighted by Crippen LogP contribution is 2.21. The van der Waals surface area contributed by atoms with E-state index in [1.54, 1.807) is 0 Å². The zero-order valence-electron chi connectivity index (χ0n) is 9.19. The van der Waals surface area contributed by atoms with Gasteiger partial charge in [-0.1, -0.05) is 20.8 Å². The third kappa shape index (κ3) is 3.27. The number of carbonyl (C=O) groups is 1. The van der Waals surface area contributed by atoms with Gasteiger partial charge in [0, 0.05) is 6.54 Å². The van der Waals surface area contributed by atoms with Gasteiger partial charge in [-0.2, -0.15) is 5.10 Å². The van der Waals surface area contributed by atoms with E-state index in [1.165, 1.54) is 10.9 Å². The highest BCUT2D eigenvalue weighted by atomic mass is 16.4. The highest BCUT2D eigenvalue weighted by Gasteiger charge is 2.16. The molecule has 0 aliphatic heterocycles. The number of carboxylic acid groups (broad SMARTS) is 1. The fraction of sp³-hybridized carbons (Fsp3) is 0.600. The van der Waals surface area contributed by atoms with E-state index in [0.717, 1.165) is 6.42 Å². The predicted molar refractivity (Wildman–Crippen MR) is 54.9 cm³/mol. The van der Waals surface area contributed by atoms with Crippen LogP contribution < -0.4 is 0 Å². The molecule has 1 aromatic heterocycles. The Balaban J connectivity index is 2.72. The molecule has 1 heterocycles. The quantitative estimate of drug-likeness (QED) is 0.800. The van der Waals surface area contributed by atoms with Gasteiger partial charge in [-0.25, -0.2) is 4.79 Å². The van der Waals surface area contributed by atoms with Crippen LogP contribution in [0.4, 0.5) is 0 Å². The molecule has 1 aromatic rings. The minimum Gasteiger partial charge on any atom is -0.504 e. The summed E-state index contributed by atoms with van der Waals surface area (Å²) >= 11 is 0. The van der Waals surface area contributed by atoms with Gasteiger partial charge < -0.3 is 10.2 Å². The first-order chi connectivity index (χ1) is 6.79. The maximum absolute atomic E-state index is 10.6. The lowest BCUT2D eigenvalue weighted by atomic mass is 9.92. The van der Waals surface area contributed by atoms with E-state index in [2.05, 4.69) is 25.9 Å². The lowest BCUT2D eigenvalue weighted by Gasteiger charge is -2.17. The van der Waals surface area contributed by atoms with E-state index < -0.39 is 5.97 Å². The SMILES string of the molecule is CC(C)(C)CCn1cc(O)c(C(=O)O)n1. The van der Waals surface area contributed by atoms with Crippen LogP contribution in [0.5, 0.6) is 5.75 Å². The van der Waals surface area contributed by atoms with Crippen LogP contribution in [0.3, 0.4) is 0 Å². The zero-order chi connectivity index (χ0) is 11.6. The van der Waals surface area contributed by atoms with E-state index in [1.807, 2.05) is 0 Å². The Morgan fingerprint density at radius 2 is 2.13 bits per heavy atom. The fourth-order valence-electron chi connectivity index (χ4n) is 1.13. The standard InChI is InChI=1S/C10H16N2O3/c1-10(2,3)4-5-12-6-7(13)8(11-12)9(14)15/h6,13H,4-5H2,1-3H3,(H,14,15). The van der Waals surface area contributed by atoms with Crippen molar-refractivity contribution in [3.8, 4) is 5.75 Å². The van der Waals surface area contributed by atoms with Crippen LogP contribution in [0.1, 0.15) is 37.7 Å². The number of aromatic hydroxyl groups is 1. The Hall–Kier alpha value is -1.52. The second-order valence-corrected chi connectivity index (χ2v) is 4.74. The maximum atomic E-state index is 10.6. The Kier molecular flexibility index (Phi) is 3.02. The van der Waals surface area contributed by atoms with E-state index in [-0.39, 0.29) is 16.9 Å². The van der Waals surface area contributed by atoms with Crippen LogP contribution in [0, 0.1) is 5.41 Å². The Morgan fingerprint density at radius 3 is 2.53 bits per heavy atom. The summed E-state index contributed by atoms with van der Waals surface area (Å²) in [6, 6.07) is 0. The van der Waals surface area contributed by atoms with Crippen molar-refractivity contribution >= 4 is 5.97 Å². The molecule has 5 nitrogen and oxygen atoms in total. The topological polar surface area (TPSA) is 75.4 Å². The number of hydrogen-bond acceptors (Lipinski definition) is 3. The van der Waals surface area contributed by atoms with Crippen molar-refractivity contribution in [2.24, 2.45) is 5.41 Å². The van der Waals surface area contributed by atoms with Gasteiger partial charge in [0.15, 0.2) is 5.75 Å². The summed E-state index contributed by atoms with van der Waals surface area (Å²) in [6.45, 7) is 6.88. The summed E-state index contributed by atoms with van der Waals surface area (Å²) in [6.07, 6.45) is 2.21. The molecule has 2 N–H and O–H groups in total. The fourth-order valence-corrected chi connectivity index (χ4v) is 1.13. The number of aromatic carboxylic acids is 1. The van der Waals surface area contributed by atoms with Crippen molar-refractivity contribution in [2.75, 3.05) is 0 Å². The predicted octanol–water partition coefficient (Wildman–Crippen LogP) is 1.72. The van der Waals surface area contributed by atoms with Crippen LogP contribution in [0.2, 0.25) is 0 Å². The number of aromatic nitrogens is 2. The average Bonchev–Trinajstić information content (AvgIpc) is 2.42. The smallest absolute Gasteiger partial charge is 0.360 e. The third-order valence-corrected chi connectivity index (χ3v) is 2.04. The number of aryl methyl sites for hydroxylation is 1. The number of hydrogen-bond donors (Lipinski definition) is 2. The number of rotatable bonds is 3. The van der Waals surface area contributed by atoms with Crippen molar-refractivity contribution in [1.82, 2.24) is 9.78 Å². The van der Waals surface area contributed by atoms with Gasteiger partial charge in [-0.05, 0) is 11.8 Å². The molecule has 5 heteroatoms. The van der Waals surface area contributed by atoms with Crippen LogP contribution in [0.15, 0.2) is 6.20 Å². The zero-order valence-corrected chi connectivity index (χ0v) is 9.19. The molecule has 0 radical (unpaired) electrons. The third-order valence-electron chi connectivity index (χ3n) is 2.04. The average molecular weight is 212 g/mol. The number of carboxylic acids is 1. The molecular weight excluding hydrogens is 196 g/mol. The maximum Gasteiger partial charge on any atom is 0.360 e. The van der Waals surface area contributed by atoms with Gasteiger partial charge in [-0.15, -0.1) is 0 Å². The first kappa shape index (κ1) is 11.6. The molecule has 0 saturated heterocycles. The van der Waals surface area contributed by atoms with Crippen molar-refractivity contribution in [2.45, 2.75) is 33.7 Å². The molecule has 0 unspecified atom stereocenters. The molecule has 0 bridgehead atoms. The van der Waals surface area contributed by atoms with Crippen LogP contribution >= 0.6 is 0 Å². The van der Waals surface area contributed by atoms with Gasteiger partial charge in [-0.3, -0.25) is 4.68 Å². The minimum atomic E-state index is -1.21. The van der Waals surface area contributed by atoms with E-state index in [9.17, 15) is 9.90 Å². The lowest BCUT2D eigenvalue weighted by Crippen LogP contribution is -2.11. The molecule has 0 saturated carbocycles. The summed E-state index contributed by atoms with van der Waals surface area (Å²) in [5.74, 6) is -1.49. The molecule has 1 rings (SSSR count). The molecular formula is C10H16N2O3. The van der Waals surface area contributed by atoms with Gasteiger partial charge >= 0.3 is 5.97 Å². The van der Waals surface area contributed by atoms with Crippen molar-refractivity contribution < 1.29 is 15.0 Å². The van der Waals surface area contributed by atoms with Crippen molar-refractivity contribution in [3.05, 3.63) is 11.9 Å². The lowest BCUT2D eigenvalue weighted by molar-refractivity contribution is 0.0686. The Morgan fingerprint density at radius 1 is 1.53 bits per heavy atom. The van der Waals surface area contributed by atoms with Crippen molar-refractivity contribution in [1.29, 1.82) is 0 Å². The van der Waals surface area contributed by atoms with E-state index >= 15 is 0 Å². The molecule has 0 aliphatic rings.